The van der Waals surface area contributed by atoms with Crippen LogP contribution in [0.2, 0.25) is 5.02 Å². The molecule has 0 saturated carbocycles. The van der Waals surface area contributed by atoms with Crippen molar-refractivity contribution in [2.45, 2.75) is 33.4 Å². The fraction of sp³-hybridized carbons (Fsp3) is 0.700. The molecule has 0 saturated heterocycles. The molecule has 0 amide bonds. The molecule has 86 valence electrons. The van der Waals surface area contributed by atoms with Crippen LogP contribution in [0.15, 0.2) is 0 Å². The topological polar surface area (TPSA) is 29.9 Å². The lowest BCUT2D eigenvalue weighted by molar-refractivity contribution is 0.587. The van der Waals surface area contributed by atoms with Crippen LogP contribution in [0.1, 0.15) is 25.2 Å². The summed E-state index contributed by atoms with van der Waals surface area (Å²) in [6.07, 6.45) is 0.894. The van der Waals surface area contributed by atoms with Crippen molar-refractivity contribution >= 4 is 34.2 Å². The standard InChI is InChI=1S/C10H17ClIN3/c1-3-8-10(11)9(7-13-6-5-12)15(4-2)14-8/h13H,3-7H2,1-2H3. The molecule has 15 heavy (non-hydrogen) atoms. The monoisotopic (exact) mass is 341 g/mol. The molecule has 0 spiro atoms. The summed E-state index contributed by atoms with van der Waals surface area (Å²) in [6.45, 7) is 6.86. The maximum atomic E-state index is 6.26. The maximum Gasteiger partial charge on any atom is 0.0863 e. The Hall–Kier alpha value is 0.190. The minimum absolute atomic E-state index is 0.808. The van der Waals surface area contributed by atoms with Gasteiger partial charge in [0.1, 0.15) is 0 Å². The van der Waals surface area contributed by atoms with Crippen LogP contribution in [0.5, 0.6) is 0 Å². The molecule has 0 bridgehead atoms. The largest absolute Gasteiger partial charge is 0.310 e. The summed E-state index contributed by atoms with van der Waals surface area (Å²) in [5.74, 6) is 0. The molecule has 1 aromatic rings. The third kappa shape index (κ3) is 3.32. The van der Waals surface area contributed by atoms with Gasteiger partial charge in [-0.2, -0.15) is 5.10 Å². The van der Waals surface area contributed by atoms with Gasteiger partial charge in [-0.25, -0.2) is 0 Å². The number of nitrogens with one attached hydrogen (secondary N) is 1. The Kier molecular flexibility index (Phi) is 5.92. The first-order valence-corrected chi connectivity index (χ1v) is 7.15. The summed E-state index contributed by atoms with van der Waals surface area (Å²) < 4.78 is 3.09. The predicted molar refractivity (Wildman–Crippen MR) is 72.9 cm³/mol. The summed E-state index contributed by atoms with van der Waals surface area (Å²) in [5, 5.41) is 8.65. The minimum Gasteiger partial charge on any atom is -0.310 e. The number of alkyl halides is 1. The van der Waals surface area contributed by atoms with Crippen molar-refractivity contribution in [3.05, 3.63) is 16.4 Å². The van der Waals surface area contributed by atoms with E-state index >= 15 is 0 Å². The minimum atomic E-state index is 0.808. The highest BCUT2D eigenvalue weighted by atomic mass is 127. The normalized spacial score (nSPS) is 10.9. The lowest BCUT2D eigenvalue weighted by Gasteiger charge is -2.05. The van der Waals surface area contributed by atoms with E-state index in [9.17, 15) is 0 Å². The molecule has 0 aliphatic rings. The summed E-state index contributed by atoms with van der Waals surface area (Å²) in [6, 6.07) is 0. The Balaban J connectivity index is 2.78. The SMILES string of the molecule is CCc1nn(CC)c(CNCCI)c1Cl. The van der Waals surface area contributed by atoms with E-state index in [0.29, 0.717) is 0 Å². The highest BCUT2D eigenvalue weighted by Gasteiger charge is 2.13. The summed E-state index contributed by atoms with van der Waals surface area (Å²) in [4.78, 5) is 0. The highest BCUT2D eigenvalue weighted by molar-refractivity contribution is 14.1. The van der Waals surface area contributed by atoms with Crippen LogP contribution in [-0.4, -0.2) is 20.8 Å². The Morgan fingerprint density at radius 2 is 2.20 bits per heavy atom. The van der Waals surface area contributed by atoms with Gasteiger partial charge in [0.15, 0.2) is 0 Å². The van der Waals surface area contributed by atoms with E-state index in [2.05, 4.69) is 46.9 Å². The van der Waals surface area contributed by atoms with Gasteiger partial charge in [0.05, 0.1) is 16.4 Å². The van der Waals surface area contributed by atoms with E-state index in [1.807, 2.05) is 4.68 Å². The fourth-order valence-corrected chi connectivity index (χ4v) is 2.18. The van der Waals surface area contributed by atoms with Crippen LogP contribution in [0.3, 0.4) is 0 Å². The van der Waals surface area contributed by atoms with Gasteiger partial charge in [-0.05, 0) is 13.3 Å². The van der Waals surface area contributed by atoms with Gasteiger partial charge in [0.25, 0.3) is 0 Å². The molecule has 3 nitrogen and oxygen atoms in total. The molecule has 0 aromatic carbocycles. The van der Waals surface area contributed by atoms with Crippen molar-refractivity contribution in [3.63, 3.8) is 0 Å². The van der Waals surface area contributed by atoms with Crippen LogP contribution in [-0.2, 0) is 19.5 Å². The first-order chi connectivity index (χ1) is 7.24. The molecule has 0 aliphatic carbocycles. The third-order valence-corrected chi connectivity index (χ3v) is 3.23. The van der Waals surface area contributed by atoms with E-state index in [0.717, 1.165) is 46.9 Å². The van der Waals surface area contributed by atoms with Gasteiger partial charge in [0, 0.05) is 24.1 Å². The van der Waals surface area contributed by atoms with E-state index in [1.165, 1.54) is 0 Å². The number of hydrogen-bond acceptors (Lipinski definition) is 2. The number of aromatic nitrogens is 2. The number of halogens is 2. The predicted octanol–water partition coefficient (Wildman–Crippen LogP) is 2.64. The zero-order chi connectivity index (χ0) is 11.3. The van der Waals surface area contributed by atoms with Crippen LogP contribution in [0.4, 0.5) is 0 Å². The molecule has 5 heteroatoms. The second-order valence-corrected chi connectivity index (χ2v) is 4.70. The highest BCUT2D eigenvalue weighted by Crippen LogP contribution is 2.21. The second kappa shape index (κ2) is 6.70. The molecule has 0 unspecified atom stereocenters. The van der Waals surface area contributed by atoms with Crippen LogP contribution < -0.4 is 5.32 Å². The number of nitrogens with zero attached hydrogens (tertiary/aromatic N) is 2. The lowest BCUT2D eigenvalue weighted by atomic mass is 10.3. The van der Waals surface area contributed by atoms with Crippen LogP contribution >= 0.6 is 34.2 Å². The third-order valence-electron chi connectivity index (χ3n) is 2.26. The van der Waals surface area contributed by atoms with Crippen molar-refractivity contribution in [3.8, 4) is 0 Å². The Morgan fingerprint density at radius 1 is 1.47 bits per heavy atom. The van der Waals surface area contributed by atoms with Crippen molar-refractivity contribution < 1.29 is 0 Å². The van der Waals surface area contributed by atoms with Crippen LogP contribution in [0, 0.1) is 0 Å². The summed E-state index contributed by atoms with van der Waals surface area (Å²) >= 11 is 8.61. The second-order valence-electron chi connectivity index (χ2n) is 3.24. The summed E-state index contributed by atoms with van der Waals surface area (Å²) in [5.41, 5.74) is 2.12. The van der Waals surface area contributed by atoms with Gasteiger partial charge in [-0.15, -0.1) is 0 Å². The fourth-order valence-electron chi connectivity index (χ4n) is 1.46. The molecule has 0 atom stereocenters. The van der Waals surface area contributed by atoms with Crippen molar-refractivity contribution in [1.82, 2.24) is 15.1 Å². The summed E-state index contributed by atoms with van der Waals surface area (Å²) in [7, 11) is 0. The number of rotatable bonds is 6. The molecular formula is C10H17ClIN3. The first kappa shape index (κ1) is 13.3. The van der Waals surface area contributed by atoms with Gasteiger partial charge >= 0.3 is 0 Å². The average Bonchev–Trinajstić information content (AvgIpc) is 2.56. The van der Waals surface area contributed by atoms with Gasteiger partial charge in [-0.3, -0.25) is 4.68 Å². The molecule has 0 aliphatic heterocycles. The maximum absolute atomic E-state index is 6.26. The zero-order valence-corrected chi connectivity index (χ0v) is 12.1. The van der Waals surface area contributed by atoms with E-state index in [4.69, 9.17) is 11.6 Å². The Bertz CT molecular complexity index is 312. The number of aryl methyl sites for hydroxylation is 2. The molecule has 0 radical (unpaired) electrons. The van der Waals surface area contributed by atoms with Crippen molar-refractivity contribution in [2.24, 2.45) is 0 Å². The Labute approximate surface area is 110 Å². The molecule has 1 N–H and O–H groups in total. The average molecular weight is 342 g/mol. The molecule has 1 heterocycles. The smallest absolute Gasteiger partial charge is 0.0863 e. The first-order valence-electron chi connectivity index (χ1n) is 5.25. The van der Waals surface area contributed by atoms with Gasteiger partial charge in [-0.1, -0.05) is 41.1 Å². The number of hydrogen-bond donors (Lipinski definition) is 1. The Morgan fingerprint density at radius 3 is 2.73 bits per heavy atom. The molecule has 1 rings (SSSR count). The van der Waals surface area contributed by atoms with E-state index < -0.39 is 0 Å². The molecule has 1 aromatic heterocycles. The van der Waals surface area contributed by atoms with Gasteiger partial charge in [0.2, 0.25) is 0 Å². The van der Waals surface area contributed by atoms with E-state index in [1.54, 1.807) is 0 Å². The quantitative estimate of drug-likeness (QED) is 0.490. The van der Waals surface area contributed by atoms with Crippen LogP contribution in [0.25, 0.3) is 0 Å². The molecule has 0 fully saturated rings. The van der Waals surface area contributed by atoms with Crippen molar-refractivity contribution in [2.75, 3.05) is 11.0 Å². The zero-order valence-electron chi connectivity index (χ0n) is 9.19. The molecular weight excluding hydrogens is 324 g/mol. The van der Waals surface area contributed by atoms with E-state index in [-0.39, 0.29) is 0 Å². The lowest BCUT2D eigenvalue weighted by Crippen LogP contribution is -2.18. The van der Waals surface area contributed by atoms with Gasteiger partial charge < -0.3 is 5.32 Å². The van der Waals surface area contributed by atoms with Crippen molar-refractivity contribution in [1.29, 1.82) is 0 Å².